The molecule has 2 aromatic carbocycles. The Balaban J connectivity index is 1.61. The van der Waals surface area contributed by atoms with Gasteiger partial charge in [-0.15, -0.1) is 0 Å². The third-order valence-electron chi connectivity index (χ3n) is 6.16. The summed E-state index contributed by atoms with van der Waals surface area (Å²) < 4.78 is 28.1. The number of para-hydroxylation sites is 1. The van der Waals surface area contributed by atoms with Crippen molar-refractivity contribution in [2.45, 2.75) is 19.2 Å². The molecule has 1 unspecified atom stereocenters. The first-order chi connectivity index (χ1) is 19.1. The van der Waals surface area contributed by atoms with E-state index in [0.29, 0.717) is 33.8 Å². The van der Waals surface area contributed by atoms with Gasteiger partial charge in [-0.05, 0) is 31.2 Å². The van der Waals surface area contributed by atoms with Crippen LogP contribution in [-0.2, 0) is 10.0 Å². The Labute approximate surface area is 229 Å². The average Bonchev–Trinajstić information content (AvgIpc) is 3.39. The number of benzene rings is 2. The second-order valence-electron chi connectivity index (χ2n) is 9.03. The predicted octanol–water partition coefficient (Wildman–Crippen LogP) is 1.25. The first kappa shape index (κ1) is 27.0. The molecule has 3 aromatic heterocycles. The first-order valence-corrected chi connectivity index (χ1v) is 14.1. The molecule has 5 aromatic rings. The Kier molecular flexibility index (Phi) is 7.33. The largest absolute Gasteiger partial charge is 0.383 e. The molecule has 0 aliphatic heterocycles. The van der Waals surface area contributed by atoms with E-state index in [-0.39, 0.29) is 23.3 Å². The number of fused-ring (bicyclic) bond motifs is 2. The predicted molar refractivity (Wildman–Crippen MR) is 151 cm³/mol. The lowest BCUT2D eigenvalue weighted by molar-refractivity contribution is 0.125. The van der Waals surface area contributed by atoms with E-state index in [4.69, 9.17) is 10.7 Å². The SMILES string of the molecule is C[C@H](NC(O)c1c(N)ncn2ccnc12)c1nc2cccc(C#CCNS(C)(=O)=O)c2c(=O)n1-c1ccccc1. The molecule has 0 saturated heterocycles. The summed E-state index contributed by atoms with van der Waals surface area (Å²) in [6.45, 7) is 1.67. The van der Waals surface area contributed by atoms with Crippen molar-refractivity contribution in [3.63, 3.8) is 0 Å². The Hall–Kier alpha value is -4.61. The number of rotatable bonds is 7. The fourth-order valence-electron chi connectivity index (χ4n) is 4.36. The molecule has 40 heavy (non-hydrogen) atoms. The van der Waals surface area contributed by atoms with Gasteiger partial charge in [-0.2, -0.15) is 0 Å². The van der Waals surface area contributed by atoms with Gasteiger partial charge in [0.2, 0.25) is 10.0 Å². The van der Waals surface area contributed by atoms with Crippen LogP contribution in [0.3, 0.4) is 0 Å². The minimum atomic E-state index is -3.40. The fourth-order valence-corrected chi connectivity index (χ4v) is 4.69. The number of nitrogens with zero attached hydrogens (tertiary/aromatic N) is 5. The molecule has 0 radical (unpaired) electrons. The number of aromatic nitrogens is 5. The molecule has 0 bridgehead atoms. The number of hydrogen-bond acceptors (Lipinski definition) is 9. The van der Waals surface area contributed by atoms with E-state index in [1.807, 2.05) is 6.07 Å². The minimum Gasteiger partial charge on any atom is -0.383 e. The van der Waals surface area contributed by atoms with Crippen LogP contribution in [0, 0.1) is 11.8 Å². The zero-order valence-electron chi connectivity index (χ0n) is 21.6. The number of sulfonamides is 1. The number of nitrogen functional groups attached to an aromatic ring is 1. The van der Waals surface area contributed by atoms with Crippen molar-refractivity contribution in [2.75, 3.05) is 18.5 Å². The van der Waals surface area contributed by atoms with E-state index >= 15 is 0 Å². The van der Waals surface area contributed by atoms with Crippen molar-refractivity contribution in [1.29, 1.82) is 0 Å². The quantitative estimate of drug-likeness (QED) is 0.170. The third kappa shape index (κ3) is 5.42. The molecule has 0 saturated carbocycles. The molecule has 0 aliphatic rings. The summed E-state index contributed by atoms with van der Waals surface area (Å²) in [6, 6.07) is 13.5. The van der Waals surface area contributed by atoms with Crippen LogP contribution >= 0.6 is 0 Å². The van der Waals surface area contributed by atoms with Gasteiger partial charge in [-0.1, -0.05) is 36.1 Å². The topological polar surface area (TPSA) is 170 Å². The number of aliphatic hydroxyl groups is 1. The number of anilines is 1. The Morgan fingerprint density at radius 2 is 1.90 bits per heavy atom. The van der Waals surface area contributed by atoms with Crippen molar-refractivity contribution >= 4 is 32.4 Å². The van der Waals surface area contributed by atoms with Crippen molar-refractivity contribution < 1.29 is 13.5 Å². The van der Waals surface area contributed by atoms with Crippen molar-refractivity contribution in [3.8, 4) is 17.5 Å². The van der Waals surface area contributed by atoms with E-state index < -0.39 is 22.3 Å². The molecule has 2 atom stereocenters. The Bertz CT molecular complexity index is 1940. The third-order valence-corrected chi connectivity index (χ3v) is 6.83. The van der Waals surface area contributed by atoms with E-state index in [1.165, 1.54) is 10.9 Å². The van der Waals surface area contributed by atoms with E-state index in [9.17, 15) is 18.3 Å². The first-order valence-electron chi connectivity index (χ1n) is 12.2. The highest BCUT2D eigenvalue weighted by Gasteiger charge is 2.24. The molecule has 5 N–H and O–H groups in total. The van der Waals surface area contributed by atoms with Gasteiger partial charge in [-0.3, -0.25) is 19.1 Å². The monoisotopic (exact) mass is 558 g/mol. The summed E-state index contributed by atoms with van der Waals surface area (Å²) in [7, 11) is -3.40. The van der Waals surface area contributed by atoms with Crippen molar-refractivity contribution in [2.24, 2.45) is 0 Å². The van der Waals surface area contributed by atoms with Crippen LogP contribution in [-0.4, -0.2) is 50.2 Å². The summed E-state index contributed by atoms with van der Waals surface area (Å²) in [6.07, 6.45) is 4.55. The second-order valence-corrected chi connectivity index (χ2v) is 10.9. The molecule has 204 valence electrons. The lowest BCUT2D eigenvalue weighted by atomic mass is 10.1. The molecule has 0 amide bonds. The van der Waals surface area contributed by atoms with Gasteiger partial charge in [0.15, 0.2) is 0 Å². The van der Waals surface area contributed by atoms with Gasteiger partial charge in [0.05, 0.1) is 41.0 Å². The number of imidazole rings is 1. The summed E-state index contributed by atoms with van der Waals surface area (Å²) in [4.78, 5) is 27.2. The lowest BCUT2D eigenvalue weighted by Gasteiger charge is -2.23. The van der Waals surface area contributed by atoms with Crippen molar-refractivity contribution in [1.82, 2.24) is 34.0 Å². The second kappa shape index (κ2) is 10.9. The zero-order valence-corrected chi connectivity index (χ0v) is 22.4. The van der Waals surface area contributed by atoms with Crippen LogP contribution in [0.1, 0.15) is 36.1 Å². The van der Waals surface area contributed by atoms with Gasteiger partial charge in [0.1, 0.15) is 29.8 Å². The lowest BCUT2D eigenvalue weighted by Crippen LogP contribution is -2.33. The molecule has 0 aliphatic carbocycles. The summed E-state index contributed by atoms with van der Waals surface area (Å²) in [5.41, 5.74) is 7.84. The van der Waals surface area contributed by atoms with Gasteiger partial charge >= 0.3 is 0 Å². The van der Waals surface area contributed by atoms with E-state index in [2.05, 4.69) is 31.8 Å². The molecule has 3 heterocycles. The van der Waals surface area contributed by atoms with Gasteiger partial charge in [0, 0.05) is 18.0 Å². The molecule has 12 nitrogen and oxygen atoms in total. The minimum absolute atomic E-state index is 0.103. The van der Waals surface area contributed by atoms with Gasteiger partial charge < -0.3 is 10.8 Å². The molecule has 5 rings (SSSR count). The van der Waals surface area contributed by atoms with Gasteiger partial charge in [-0.25, -0.2) is 28.1 Å². The highest BCUT2D eigenvalue weighted by atomic mass is 32.2. The van der Waals surface area contributed by atoms with Crippen LogP contribution < -0.4 is 21.3 Å². The molecular weight excluding hydrogens is 532 g/mol. The normalized spacial score (nSPS) is 13.2. The number of aliphatic hydroxyl groups excluding tert-OH is 1. The fraction of sp³-hybridized carbons (Fsp3) is 0.185. The molecular formula is C27H26N8O4S. The summed E-state index contributed by atoms with van der Waals surface area (Å²) >= 11 is 0. The smallest absolute Gasteiger partial charge is 0.267 e. The maximum atomic E-state index is 14.0. The molecule has 13 heteroatoms. The summed E-state index contributed by atoms with van der Waals surface area (Å²) in [5, 5.41) is 14.5. The molecule has 0 spiro atoms. The highest BCUT2D eigenvalue weighted by molar-refractivity contribution is 7.88. The maximum absolute atomic E-state index is 14.0. The number of hydrogen-bond donors (Lipinski definition) is 4. The van der Waals surface area contributed by atoms with E-state index in [1.54, 1.807) is 66.2 Å². The van der Waals surface area contributed by atoms with E-state index in [0.717, 1.165) is 6.26 Å². The van der Waals surface area contributed by atoms with Crippen LogP contribution in [0.25, 0.3) is 22.2 Å². The van der Waals surface area contributed by atoms with Crippen LogP contribution in [0.4, 0.5) is 5.82 Å². The van der Waals surface area contributed by atoms with Crippen LogP contribution in [0.2, 0.25) is 0 Å². The highest BCUT2D eigenvalue weighted by Crippen LogP contribution is 2.25. The average molecular weight is 559 g/mol. The summed E-state index contributed by atoms with van der Waals surface area (Å²) in [5.74, 6) is 6.09. The Morgan fingerprint density at radius 3 is 2.65 bits per heavy atom. The van der Waals surface area contributed by atoms with Crippen LogP contribution in [0.15, 0.2) is 72.0 Å². The zero-order chi connectivity index (χ0) is 28.4. The Morgan fingerprint density at radius 1 is 1.12 bits per heavy atom. The maximum Gasteiger partial charge on any atom is 0.267 e. The number of nitrogens with one attached hydrogen (secondary N) is 2. The van der Waals surface area contributed by atoms with Crippen molar-refractivity contribution in [3.05, 3.63) is 94.6 Å². The standard InChI is InChI=1S/C27H26N8O4S/c1-17(32-26(36)22-23(28)30-16-34-15-14-29-25(22)34)24-33-20-12-6-8-18(9-7-13-31-40(2,38)39)21(20)27(37)35(24)19-10-4-3-5-11-19/h3-6,8,10-12,14-17,26,31-32,36H,13,28H2,1-2H3/t17-,26?/m0/s1. The van der Waals surface area contributed by atoms with Crippen LogP contribution in [0.5, 0.6) is 0 Å². The molecule has 0 fully saturated rings. The number of nitrogens with two attached hydrogens (primary N) is 1. The van der Waals surface area contributed by atoms with Gasteiger partial charge in [0.25, 0.3) is 5.56 Å².